The van der Waals surface area contributed by atoms with Gasteiger partial charge in [0.05, 0.1) is 10.5 Å². The van der Waals surface area contributed by atoms with Crippen molar-refractivity contribution >= 4 is 45.7 Å². The molecule has 2 aromatic rings. The molecule has 0 aliphatic rings. The number of para-hydroxylation sites is 1. The standard InChI is InChI=1S/C13H10Cl3N/c1-8(14)6-7-10-12(15)9-4-2-3-5-11(9)17-13(10)16/h2-6H,7H2,1H3. The molecule has 0 saturated heterocycles. The Kier molecular flexibility index (Phi) is 3.93. The van der Waals surface area contributed by atoms with E-state index in [1.165, 1.54) is 0 Å². The van der Waals surface area contributed by atoms with Crippen LogP contribution in [0.2, 0.25) is 10.2 Å². The molecular formula is C13H10Cl3N. The van der Waals surface area contributed by atoms with Crippen LogP contribution in [0.4, 0.5) is 0 Å². The maximum Gasteiger partial charge on any atom is 0.134 e. The topological polar surface area (TPSA) is 12.9 Å². The second kappa shape index (κ2) is 5.26. The van der Waals surface area contributed by atoms with E-state index in [2.05, 4.69) is 4.98 Å². The fourth-order valence-corrected chi connectivity index (χ4v) is 2.31. The van der Waals surface area contributed by atoms with Gasteiger partial charge in [-0.25, -0.2) is 4.98 Å². The Morgan fingerprint density at radius 3 is 2.71 bits per heavy atom. The van der Waals surface area contributed by atoms with Gasteiger partial charge in [0.15, 0.2) is 0 Å². The molecule has 2 rings (SSSR count). The van der Waals surface area contributed by atoms with Gasteiger partial charge in [-0.2, -0.15) is 0 Å². The van der Waals surface area contributed by atoms with Crippen LogP contribution in [0.1, 0.15) is 12.5 Å². The number of fused-ring (bicyclic) bond motifs is 1. The Morgan fingerprint density at radius 1 is 1.29 bits per heavy atom. The third-order valence-corrected chi connectivity index (χ3v) is 3.36. The van der Waals surface area contributed by atoms with Crippen LogP contribution in [-0.4, -0.2) is 4.98 Å². The number of hydrogen-bond donors (Lipinski definition) is 0. The Morgan fingerprint density at radius 2 is 2.00 bits per heavy atom. The van der Waals surface area contributed by atoms with Gasteiger partial charge in [0, 0.05) is 16.0 Å². The SMILES string of the molecule is CC(Cl)=CCc1c(Cl)nc2ccccc2c1Cl. The van der Waals surface area contributed by atoms with Crippen LogP contribution < -0.4 is 0 Å². The fourth-order valence-electron chi connectivity index (χ4n) is 1.60. The van der Waals surface area contributed by atoms with Crippen molar-refractivity contribution in [2.24, 2.45) is 0 Å². The molecule has 0 atom stereocenters. The predicted octanol–water partition coefficient (Wildman–Crippen LogP) is 5.23. The molecule has 1 nitrogen and oxygen atoms in total. The normalized spacial score (nSPS) is 12.1. The lowest BCUT2D eigenvalue weighted by atomic mass is 10.1. The fraction of sp³-hybridized carbons (Fsp3) is 0.154. The van der Waals surface area contributed by atoms with Crippen molar-refractivity contribution in [3.8, 4) is 0 Å². The molecular weight excluding hydrogens is 277 g/mol. The van der Waals surface area contributed by atoms with Crippen LogP contribution in [-0.2, 0) is 6.42 Å². The molecule has 0 radical (unpaired) electrons. The summed E-state index contributed by atoms with van der Waals surface area (Å²) in [5.74, 6) is 0. The van der Waals surface area contributed by atoms with Crippen LogP contribution in [0, 0.1) is 0 Å². The van der Waals surface area contributed by atoms with Gasteiger partial charge in [-0.1, -0.05) is 59.1 Å². The molecule has 0 spiro atoms. The number of hydrogen-bond acceptors (Lipinski definition) is 1. The van der Waals surface area contributed by atoms with Crippen LogP contribution in [0.3, 0.4) is 0 Å². The zero-order chi connectivity index (χ0) is 12.4. The summed E-state index contributed by atoms with van der Waals surface area (Å²) in [7, 11) is 0. The molecule has 88 valence electrons. The maximum atomic E-state index is 6.33. The average Bonchev–Trinajstić information content (AvgIpc) is 2.28. The van der Waals surface area contributed by atoms with E-state index in [9.17, 15) is 0 Å². The van der Waals surface area contributed by atoms with Gasteiger partial charge in [0.1, 0.15) is 5.15 Å². The molecule has 0 aliphatic carbocycles. The van der Waals surface area contributed by atoms with Gasteiger partial charge in [0.25, 0.3) is 0 Å². The number of rotatable bonds is 2. The minimum absolute atomic E-state index is 0.433. The van der Waals surface area contributed by atoms with Gasteiger partial charge in [-0.15, -0.1) is 0 Å². The molecule has 0 unspecified atom stereocenters. The summed E-state index contributed by atoms with van der Waals surface area (Å²) in [6.45, 7) is 1.82. The zero-order valence-corrected chi connectivity index (χ0v) is 11.4. The highest BCUT2D eigenvalue weighted by Crippen LogP contribution is 2.31. The quantitative estimate of drug-likeness (QED) is 0.689. The third kappa shape index (κ3) is 2.74. The summed E-state index contributed by atoms with van der Waals surface area (Å²) < 4.78 is 0. The van der Waals surface area contributed by atoms with E-state index in [0.29, 0.717) is 21.6 Å². The molecule has 1 aromatic heterocycles. The minimum Gasteiger partial charge on any atom is -0.236 e. The summed E-state index contributed by atoms with van der Waals surface area (Å²) >= 11 is 18.3. The number of pyridine rings is 1. The summed E-state index contributed by atoms with van der Waals surface area (Å²) in [5.41, 5.74) is 1.62. The number of allylic oxidation sites excluding steroid dienone is 2. The van der Waals surface area contributed by atoms with Crippen molar-refractivity contribution in [2.75, 3.05) is 0 Å². The summed E-state index contributed by atoms with van der Waals surface area (Å²) in [4.78, 5) is 4.32. The number of benzene rings is 1. The van der Waals surface area contributed by atoms with E-state index in [-0.39, 0.29) is 0 Å². The first-order chi connectivity index (χ1) is 8.09. The Balaban J connectivity index is 2.59. The molecule has 17 heavy (non-hydrogen) atoms. The van der Waals surface area contributed by atoms with Gasteiger partial charge in [-0.05, 0) is 19.4 Å². The number of nitrogens with zero attached hydrogens (tertiary/aromatic N) is 1. The van der Waals surface area contributed by atoms with Crippen molar-refractivity contribution in [3.05, 3.63) is 51.1 Å². The van der Waals surface area contributed by atoms with Gasteiger partial charge < -0.3 is 0 Å². The maximum absolute atomic E-state index is 6.33. The van der Waals surface area contributed by atoms with Crippen LogP contribution >= 0.6 is 34.8 Å². The summed E-state index contributed by atoms with van der Waals surface area (Å²) in [5, 5.41) is 2.71. The minimum atomic E-state index is 0.433. The molecule has 0 fully saturated rings. The first-order valence-electron chi connectivity index (χ1n) is 5.14. The van der Waals surface area contributed by atoms with Gasteiger partial charge in [-0.3, -0.25) is 0 Å². The molecule has 0 amide bonds. The van der Waals surface area contributed by atoms with E-state index < -0.39 is 0 Å². The molecule has 0 bridgehead atoms. The lowest BCUT2D eigenvalue weighted by Crippen LogP contribution is -1.91. The van der Waals surface area contributed by atoms with Crippen LogP contribution in [0.25, 0.3) is 10.9 Å². The monoisotopic (exact) mass is 285 g/mol. The third-order valence-electron chi connectivity index (χ3n) is 2.46. The Bertz CT molecular complexity index is 586. The smallest absolute Gasteiger partial charge is 0.134 e. The first kappa shape index (κ1) is 12.7. The van der Waals surface area contributed by atoms with E-state index in [1.54, 1.807) is 0 Å². The van der Waals surface area contributed by atoms with Gasteiger partial charge >= 0.3 is 0 Å². The molecule has 1 heterocycles. The second-order valence-electron chi connectivity index (χ2n) is 3.71. The van der Waals surface area contributed by atoms with Gasteiger partial charge in [0.2, 0.25) is 0 Å². The molecule has 1 aromatic carbocycles. The lowest BCUT2D eigenvalue weighted by molar-refractivity contribution is 1.21. The molecule has 0 N–H and O–H groups in total. The van der Waals surface area contributed by atoms with Crippen molar-refractivity contribution in [1.82, 2.24) is 4.98 Å². The van der Waals surface area contributed by atoms with Crippen molar-refractivity contribution in [3.63, 3.8) is 0 Å². The highest BCUT2D eigenvalue weighted by molar-refractivity contribution is 6.39. The Labute approximate surface area is 115 Å². The van der Waals surface area contributed by atoms with Crippen LogP contribution in [0.15, 0.2) is 35.4 Å². The van der Waals surface area contributed by atoms with Crippen molar-refractivity contribution < 1.29 is 0 Å². The van der Waals surface area contributed by atoms with E-state index in [4.69, 9.17) is 34.8 Å². The number of halogens is 3. The van der Waals surface area contributed by atoms with E-state index >= 15 is 0 Å². The number of aromatic nitrogens is 1. The van der Waals surface area contributed by atoms with Crippen molar-refractivity contribution in [2.45, 2.75) is 13.3 Å². The predicted molar refractivity (Wildman–Crippen MR) is 75.1 cm³/mol. The molecule has 0 aliphatic heterocycles. The summed E-state index contributed by atoms with van der Waals surface area (Å²) in [6.07, 6.45) is 2.45. The highest BCUT2D eigenvalue weighted by atomic mass is 35.5. The second-order valence-corrected chi connectivity index (χ2v) is 5.04. The van der Waals surface area contributed by atoms with Crippen LogP contribution in [0.5, 0.6) is 0 Å². The highest BCUT2D eigenvalue weighted by Gasteiger charge is 2.10. The largest absolute Gasteiger partial charge is 0.236 e. The molecule has 0 saturated carbocycles. The Hall–Kier alpha value is -0.760. The zero-order valence-electron chi connectivity index (χ0n) is 9.17. The van der Waals surface area contributed by atoms with E-state index in [1.807, 2.05) is 37.3 Å². The summed E-state index contributed by atoms with van der Waals surface area (Å²) in [6, 6.07) is 7.65. The molecule has 4 heteroatoms. The van der Waals surface area contributed by atoms with Crippen molar-refractivity contribution in [1.29, 1.82) is 0 Å². The lowest BCUT2D eigenvalue weighted by Gasteiger charge is -2.07. The van der Waals surface area contributed by atoms with E-state index in [0.717, 1.165) is 16.5 Å². The first-order valence-corrected chi connectivity index (χ1v) is 6.28. The average molecular weight is 287 g/mol.